The van der Waals surface area contributed by atoms with Crippen LogP contribution in [0.25, 0.3) is 6.08 Å². The van der Waals surface area contributed by atoms with Gasteiger partial charge in [0, 0.05) is 0 Å². The number of hydrogen-bond donors (Lipinski definition) is 1. The highest BCUT2D eigenvalue weighted by Gasteiger charge is 2.35. The van der Waals surface area contributed by atoms with Gasteiger partial charge in [0.25, 0.3) is 11.8 Å². The highest BCUT2D eigenvalue weighted by Crippen LogP contribution is 2.30. The molecule has 33 heavy (non-hydrogen) atoms. The quantitative estimate of drug-likeness (QED) is 0.320. The zero-order valence-electron chi connectivity index (χ0n) is 16.8. The van der Waals surface area contributed by atoms with E-state index in [0.29, 0.717) is 17.2 Å². The first kappa shape index (κ1) is 22.2. The number of ether oxygens (including phenoxy) is 1. The first-order valence-corrected chi connectivity index (χ1v) is 10.0. The van der Waals surface area contributed by atoms with Crippen molar-refractivity contribution in [2.75, 3.05) is 4.90 Å². The van der Waals surface area contributed by atoms with Gasteiger partial charge in [0.05, 0.1) is 11.3 Å². The number of carbonyl (C=O) groups is 2. The van der Waals surface area contributed by atoms with Gasteiger partial charge in [0.2, 0.25) is 0 Å². The van der Waals surface area contributed by atoms with Crippen molar-refractivity contribution in [2.24, 2.45) is 0 Å². The van der Waals surface area contributed by atoms with Crippen molar-refractivity contribution in [1.29, 1.82) is 0 Å². The van der Waals surface area contributed by atoms with Crippen LogP contribution >= 0.6 is 12.2 Å². The van der Waals surface area contributed by atoms with Crippen molar-refractivity contribution in [3.05, 3.63) is 95.6 Å². The number of halogens is 3. The predicted molar refractivity (Wildman–Crippen MR) is 121 cm³/mol. The molecule has 1 aliphatic heterocycles. The maximum absolute atomic E-state index is 13.1. The van der Waals surface area contributed by atoms with E-state index in [1.807, 2.05) is 18.2 Å². The number of nitrogens with zero attached hydrogens (tertiary/aromatic N) is 1. The summed E-state index contributed by atoms with van der Waals surface area (Å²) < 4.78 is 44.0. The van der Waals surface area contributed by atoms with Crippen LogP contribution in [0.4, 0.5) is 18.9 Å². The summed E-state index contributed by atoms with van der Waals surface area (Å²) in [7, 11) is 0. The van der Waals surface area contributed by atoms with Gasteiger partial charge < -0.3 is 4.74 Å². The molecule has 166 valence electrons. The summed E-state index contributed by atoms with van der Waals surface area (Å²) in [5.41, 5.74) is -0.428. The van der Waals surface area contributed by atoms with Crippen molar-refractivity contribution >= 4 is 40.9 Å². The predicted octanol–water partition coefficient (Wildman–Crippen LogP) is 5.33. The molecule has 0 spiro atoms. The lowest BCUT2D eigenvalue weighted by Crippen LogP contribution is -2.54. The minimum absolute atomic E-state index is 0.105. The number of hydrogen-bond acceptors (Lipinski definition) is 4. The van der Waals surface area contributed by atoms with Crippen LogP contribution in [0.15, 0.2) is 84.4 Å². The van der Waals surface area contributed by atoms with E-state index >= 15 is 0 Å². The fraction of sp³-hybridized carbons (Fsp3) is 0.0417. The molecule has 2 amide bonds. The number of anilines is 1. The van der Waals surface area contributed by atoms with Gasteiger partial charge in [-0.05, 0) is 72.4 Å². The van der Waals surface area contributed by atoms with Crippen molar-refractivity contribution in [1.82, 2.24) is 5.32 Å². The molecule has 5 nitrogen and oxygen atoms in total. The van der Waals surface area contributed by atoms with Crippen LogP contribution in [0.3, 0.4) is 0 Å². The van der Waals surface area contributed by atoms with E-state index in [1.165, 1.54) is 18.2 Å². The molecule has 3 aromatic rings. The normalized spacial score (nSPS) is 15.5. The zero-order chi connectivity index (χ0) is 23.6. The molecule has 0 aliphatic carbocycles. The van der Waals surface area contributed by atoms with Crippen molar-refractivity contribution in [2.45, 2.75) is 6.18 Å². The van der Waals surface area contributed by atoms with Crippen LogP contribution in [0.1, 0.15) is 11.1 Å². The van der Waals surface area contributed by atoms with Crippen molar-refractivity contribution < 1.29 is 27.5 Å². The van der Waals surface area contributed by atoms with Gasteiger partial charge in [0.1, 0.15) is 17.1 Å². The summed E-state index contributed by atoms with van der Waals surface area (Å²) in [6.45, 7) is 0. The average molecular weight is 468 g/mol. The summed E-state index contributed by atoms with van der Waals surface area (Å²) >= 11 is 5.17. The fourth-order valence-corrected chi connectivity index (χ4v) is 3.40. The molecule has 3 aromatic carbocycles. The molecule has 0 saturated carbocycles. The van der Waals surface area contributed by atoms with E-state index in [1.54, 1.807) is 36.4 Å². The van der Waals surface area contributed by atoms with Gasteiger partial charge in [-0.25, -0.2) is 0 Å². The molecule has 4 rings (SSSR count). The molecule has 1 heterocycles. The van der Waals surface area contributed by atoms with Crippen LogP contribution in [-0.2, 0) is 15.8 Å². The third-order valence-corrected chi connectivity index (χ3v) is 5.01. The van der Waals surface area contributed by atoms with Gasteiger partial charge >= 0.3 is 6.18 Å². The Hall–Kier alpha value is -3.98. The molecular formula is C24H15F3N2O3S. The second kappa shape index (κ2) is 8.87. The Morgan fingerprint density at radius 3 is 2.06 bits per heavy atom. The van der Waals surface area contributed by atoms with Crippen molar-refractivity contribution in [3.63, 3.8) is 0 Å². The molecule has 1 fully saturated rings. The van der Waals surface area contributed by atoms with Crippen LogP contribution in [0, 0.1) is 0 Å². The minimum atomic E-state index is -4.48. The minimum Gasteiger partial charge on any atom is -0.457 e. The van der Waals surface area contributed by atoms with E-state index in [0.717, 1.165) is 17.0 Å². The molecule has 1 aliphatic rings. The van der Waals surface area contributed by atoms with E-state index in [9.17, 15) is 22.8 Å². The van der Waals surface area contributed by atoms with Gasteiger partial charge in [-0.3, -0.25) is 19.8 Å². The number of rotatable bonds is 4. The Bertz CT molecular complexity index is 1240. The molecule has 0 aromatic heterocycles. The summed E-state index contributed by atoms with van der Waals surface area (Å²) in [5, 5.41) is 2.33. The van der Waals surface area contributed by atoms with Crippen LogP contribution < -0.4 is 15.0 Å². The highest BCUT2D eigenvalue weighted by atomic mass is 32.1. The summed E-state index contributed by atoms with van der Waals surface area (Å²) in [6, 6.07) is 19.8. The lowest BCUT2D eigenvalue weighted by atomic mass is 10.1. The maximum atomic E-state index is 13.1. The number of benzene rings is 3. The second-order valence-corrected chi connectivity index (χ2v) is 7.37. The molecule has 9 heteroatoms. The topological polar surface area (TPSA) is 58.6 Å². The lowest BCUT2D eigenvalue weighted by Gasteiger charge is -2.29. The van der Waals surface area contributed by atoms with E-state index in [-0.39, 0.29) is 16.2 Å². The number of para-hydroxylation sites is 1. The molecule has 1 N–H and O–H groups in total. The van der Waals surface area contributed by atoms with E-state index in [4.69, 9.17) is 17.0 Å². The largest absolute Gasteiger partial charge is 0.457 e. The SMILES string of the molecule is O=C1NC(=S)N(c2ccc(Oc3ccccc3)cc2)C(=O)C1=Cc1ccc(C(F)(F)F)cc1. The van der Waals surface area contributed by atoms with E-state index in [2.05, 4.69) is 5.32 Å². The van der Waals surface area contributed by atoms with Crippen molar-refractivity contribution in [3.8, 4) is 11.5 Å². The summed E-state index contributed by atoms with van der Waals surface area (Å²) in [6.07, 6.45) is -3.26. The fourth-order valence-electron chi connectivity index (χ4n) is 3.11. The average Bonchev–Trinajstić information content (AvgIpc) is 2.78. The smallest absolute Gasteiger partial charge is 0.416 e. The maximum Gasteiger partial charge on any atom is 0.416 e. The Morgan fingerprint density at radius 1 is 0.848 bits per heavy atom. The summed E-state index contributed by atoms with van der Waals surface area (Å²) in [5.74, 6) is -0.251. The molecule has 0 bridgehead atoms. The Labute approximate surface area is 192 Å². The number of nitrogens with one attached hydrogen (secondary N) is 1. The number of amides is 2. The Morgan fingerprint density at radius 2 is 1.45 bits per heavy atom. The Kier molecular flexibility index (Phi) is 5.97. The monoisotopic (exact) mass is 468 g/mol. The van der Waals surface area contributed by atoms with Crippen LogP contribution in [0.2, 0.25) is 0 Å². The van der Waals surface area contributed by atoms with Crippen LogP contribution in [-0.4, -0.2) is 16.9 Å². The zero-order valence-corrected chi connectivity index (χ0v) is 17.6. The number of thiocarbonyl (C=S) groups is 1. The third-order valence-electron chi connectivity index (χ3n) is 4.72. The molecule has 0 unspecified atom stereocenters. The molecule has 1 saturated heterocycles. The van der Waals surface area contributed by atoms with E-state index < -0.39 is 23.6 Å². The standard InChI is InChI=1S/C24H15F3N2O3S/c25-24(26,27)16-8-6-15(7-9-16)14-20-21(30)28-23(33)29(22(20)31)17-10-12-19(13-11-17)32-18-4-2-1-3-5-18/h1-14H,(H,28,30,33). The molecule has 0 radical (unpaired) electrons. The Balaban J connectivity index is 1.58. The third kappa shape index (κ3) is 4.93. The number of alkyl halides is 3. The summed E-state index contributed by atoms with van der Waals surface area (Å²) in [4.78, 5) is 26.6. The van der Waals surface area contributed by atoms with Gasteiger partial charge in [-0.2, -0.15) is 13.2 Å². The highest BCUT2D eigenvalue weighted by molar-refractivity contribution is 7.80. The van der Waals surface area contributed by atoms with Gasteiger partial charge in [-0.1, -0.05) is 30.3 Å². The molecular weight excluding hydrogens is 453 g/mol. The first-order chi connectivity index (χ1) is 15.7. The van der Waals surface area contributed by atoms with Crippen LogP contribution in [0.5, 0.6) is 11.5 Å². The molecule has 0 atom stereocenters. The van der Waals surface area contributed by atoms with Gasteiger partial charge in [-0.15, -0.1) is 0 Å². The number of carbonyl (C=O) groups excluding carboxylic acids is 2. The second-order valence-electron chi connectivity index (χ2n) is 6.99. The first-order valence-electron chi connectivity index (χ1n) is 9.64. The van der Waals surface area contributed by atoms with Gasteiger partial charge in [0.15, 0.2) is 5.11 Å². The lowest BCUT2D eigenvalue weighted by molar-refractivity contribution is -0.137.